The molecule has 80 valence electrons. The zero-order chi connectivity index (χ0) is 10.4. The van der Waals surface area contributed by atoms with Crippen molar-refractivity contribution in [3.05, 3.63) is 11.4 Å². The molecule has 0 unspecified atom stereocenters. The lowest BCUT2D eigenvalue weighted by atomic mass is 10.1. The number of hydrogen-bond acceptors (Lipinski definition) is 3. The fraction of sp³-hybridized carbons (Fsp3) is 0.700. The summed E-state index contributed by atoms with van der Waals surface area (Å²) in [5.74, 6) is 0.275. The molecule has 1 aromatic rings. The van der Waals surface area contributed by atoms with Gasteiger partial charge in [0, 0.05) is 0 Å². The maximum atomic E-state index is 11.2. The van der Waals surface area contributed by atoms with E-state index in [-0.39, 0.29) is 0 Å². The molecule has 1 amide bonds. The topological polar surface area (TPSA) is 73.8 Å². The van der Waals surface area contributed by atoms with Gasteiger partial charge in [-0.3, -0.25) is 4.79 Å². The first kappa shape index (κ1) is 8.88. The Morgan fingerprint density at radius 1 is 1.40 bits per heavy atom. The zero-order valence-electron chi connectivity index (χ0n) is 8.52. The van der Waals surface area contributed by atoms with Gasteiger partial charge in [-0.05, 0) is 38.0 Å². The van der Waals surface area contributed by atoms with Gasteiger partial charge >= 0.3 is 0 Å². The molecule has 0 radical (unpaired) electrons. The van der Waals surface area contributed by atoms with Crippen LogP contribution in [-0.2, 0) is 6.42 Å². The maximum absolute atomic E-state index is 11.2. The molecule has 3 rings (SSSR count). The Balaban J connectivity index is 1.94. The van der Waals surface area contributed by atoms with Gasteiger partial charge in [0.05, 0.1) is 11.7 Å². The summed E-state index contributed by atoms with van der Waals surface area (Å²) < 4.78 is 1.92. The van der Waals surface area contributed by atoms with Crippen molar-refractivity contribution in [2.24, 2.45) is 11.7 Å². The summed E-state index contributed by atoms with van der Waals surface area (Å²) in [5.41, 5.74) is 6.64. The van der Waals surface area contributed by atoms with E-state index < -0.39 is 5.91 Å². The van der Waals surface area contributed by atoms with E-state index in [9.17, 15) is 4.79 Å². The summed E-state index contributed by atoms with van der Waals surface area (Å²) >= 11 is 0. The minimum atomic E-state index is -0.447. The molecule has 5 heteroatoms. The van der Waals surface area contributed by atoms with Crippen molar-refractivity contribution in [3.8, 4) is 0 Å². The van der Waals surface area contributed by atoms with Gasteiger partial charge in [-0.25, -0.2) is 4.68 Å². The molecule has 1 aromatic heterocycles. The number of hydrogen-bond donors (Lipinski definition) is 1. The van der Waals surface area contributed by atoms with Crippen LogP contribution >= 0.6 is 0 Å². The summed E-state index contributed by atoms with van der Waals surface area (Å²) in [6, 6.07) is 0.472. The average molecular weight is 206 g/mol. The molecule has 2 N–H and O–H groups in total. The Morgan fingerprint density at radius 3 is 2.67 bits per heavy atom. The standard InChI is InChI=1S/C10H14N4O/c11-10(15)9-8(5-6-1-2-6)14(13-12-9)7-3-4-7/h6-7H,1-5H2,(H2,11,15). The molecule has 5 nitrogen and oxygen atoms in total. The molecular formula is C10H14N4O. The fourth-order valence-corrected chi connectivity index (χ4v) is 1.90. The monoisotopic (exact) mass is 206 g/mol. The van der Waals surface area contributed by atoms with E-state index in [1.165, 1.54) is 12.8 Å². The highest BCUT2D eigenvalue weighted by atomic mass is 16.1. The van der Waals surface area contributed by atoms with Crippen LogP contribution in [0.4, 0.5) is 0 Å². The molecule has 2 aliphatic rings. The van der Waals surface area contributed by atoms with Gasteiger partial charge in [-0.1, -0.05) is 5.21 Å². The van der Waals surface area contributed by atoms with E-state index in [1.54, 1.807) is 0 Å². The van der Waals surface area contributed by atoms with Gasteiger partial charge in [0.2, 0.25) is 0 Å². The summed E-state index contributed by atoms with van der Waals surface area (Å²) in [4.78, 5) is 11.2. The van der Waals surface area contributed by atoms with E-state index in [0.717, 1.165) is 30.9 Å². The van der Waals surface area contributed by atoms with Crippen LogP contribution in [0.3, 0.4) is 0 Å². The molecule has 0 bridgehead atoms. The summed E-state index contributed by atoms with van der Waals surface area (Å²) in [5, 5.41) is 7.94. The van der Waals surface area contributed by atoms with E-state index in [1.807, 2.05) is 4.68 Å². The van der Waals surface area contributed by atoms with Gasteiger partial charge in [-0.15, -0.1) is 5.10 Å². The van der Waals surface area contributed by atoms with Crippen LogP contribution in [0.15, 0.2) is 0 Å². The Kier molecular flexibility index (Phi) is 1.81. The first-order chi connectivity index (χ1) is 7.25. The SMILES string of the molecule is NC(=O)c1nnn(C2CC2)c1CC1CC1. The molecule has 0 spiro atoms. The second kappa shape index (κ2) is 3.05. The molecule has 0 atom stereocenters. The second-order valence-electron chi connectivity index (χ2n) is 4.57. The predicted molar refractivity (Wildman–Crippen MR) is 53.2 cm³/mol. The first-order valence-corrected chi connectivity index (χ1v) is 5.49. The molecule has 0 aromatic carbocycles. The Labute approximate surface area is 87.6 Å². The van der Waals surface area contributed by atoms with Crippen molar-refractivity contribution in [2.75, 3.05) is 0 Å². The fourth-order valence-electron chi connectivity index (χ4n) is 1.90. The van der Waals surface area contributed by atoms with Gasteiger partial charge in [0.1, 0.15) is 0 Å². The van der Waals surface area contributed by atoms with Crippen LogP contribution in [0.2, 0.25) is 0 Å². The molecule has 1 heterocycles. The molecule has 2 fully saturated rings. The van der Waals surface area contributed by atoms with Crippen molar-refractivity contribution < 1.29 is 4.79 Å². The summed E-state index contributed by atoms with van der Waals surface area (Å²) in [7, 11) is 0. The molecule has 2 saturated carbocycles. The largest absolute Gasteiger partial charge is 0.364 e. The van der Waals surface area contributed by atoms with Crippen molar-refractivity contribution in [3.63, 3.8) is 0 Å². The van der Waals surface area contributed by atoms with Crippen molar-refractivity contribution in [1.29, 1.82) is 0 Å². The lowest BCUT2D eigenvalue weighted by Gasteiger charge is -2.04. The number of carbonyl (C=O) groups is 1. The van der Waals surface area contributed by atoms with E-state index in [2.05, 4.69) is 10.3 Å². The number of nitrogens with two attached hydrogens (primary N) is 1. The highest BCUT2D eigenvalue weighted by molar-refractivity contribution is 5.91. The van der Waals surface area contributed by atoms with Gasteiger partial charge in [0.15, 0.2) is 5.69 Å². The van der Waals surface area contributed by atoms with Crippen LogP contribution in [0.25, 0.3) is 0 Å². The Morgan fingerprint density at radius 2 is 2.13 bits per heavy atom. The van der Waals surface area contributed by atoms with Crippen molar-refractivity contribution in [2.45, 2.75) is 38.1 Å². The normalized spacial score (nSPS) is 20.5. The third-order valence-corrected chi connectivity index (χ3v) is 3.10. The lowest BCUT2D eigenvalue weighted by molar-refractivity contribution is 0.0994. The van der Waals surface area contributed by atoms with Gasteiger partial charge in [-0.2, -0.15) is 0 Å². The molecular weight excluding hydrogens is 192 g/mol. The average Bonchev–Trinajstić information content (AvgIpc) is 3.06. The highest BCUT2D eigenvalue weighted by Crippen LogP contribution is 2.38. The van der Waals surface area contributed by atoms with E-state index in [0.29, 0.717) is 11.7 Å². The molecule has 15 heavy (non-hydrogen) atoms. The quantitative estimate of drug-likeness (QED) is 0.786. The Bertz CT molecular complexity index is 404. The number of carbonyl (C=O) groups excluding carboxylic acids is 1. The predicted octanol–water partition coefficient (Wildman–Crippen LogP) is 0.664. The number of nitrogens with zero attached hydrogens (tertiary/aromatic N) is 3. The lowest BCUT2D eigenvalue weighted by Crippen LogP contribution is -2.15. The van der Waals surface area contributed by atoms with E-state index in [4.69, 9.17) is 5.73 Å². The first-order valence-electron chi connectivity index (χ1n) is 5.49. The van der Waals surface area contributed by atoms with Crippen LogP contribution in [0, 0.1) is 5.92 Å². The van der Waals surface area contributed by atoms with Crippen LogP contribution in [-0.4, -0.2) is 20.9 Å². The van der Waals surface area contributed by atoms with E-state index >= 15 is 0 Å². The minimum Gasteiger partial charge on any atom is -0.364 e. The third kappa shape index (κ3) is 1.62. The minimum absolute atomic E-state index is 0.383. The van der Waals surface area contributed by atoms with Crippen LogP contribution in [0.1, 0.15) is 47.9 Å². The van der Waals surface area contributed by atoms with Crippen molar-refractivity contribution >= 4 is 5.91 Å². The second-order valence-corrected chi connectivity index (χ2v) is 4.57. The highest BCUT2D eigenvalue weighted by Gasteiger charge is 2.33. The van der Waals surface area contributed by atoms with Crippen LogP contribution < -0.4 is 5.73 Å². The molecule has 0 saturated heterocycles. The van der Waals surface area contributed by atoms with Crippen LogP contribution in [0.5, 0.6) is 0 Å². The summed E-state index contributed by atoms with van der Waals surface area (Å²) in [6.07, 6.45) is 5.74. The Hall–Kier alpha value is -1.39. The number of aromatic nitrogens is 3. The number of amides is 1. The number of primary amides is 1. The van der Waals surface area contributed by atoms with Gasteiger partial charge < -0.3 is 5.73 Å². The van der Waals surface area contributed by atoms with Gasteiger partial charge in [0.25, 0.3) is 5.91 Å². The third-order valence-electron chi connectivity index (χ3n) is 3.10. The summed E-state index contributed by atoms with van der Waals surface area (Å²) in [6.45, 7) is 0. The smallest absolute Gasteiger partial charge is 0.271 e. The number of rotatable bonds is 4. The van der Waals surface area contributed by atoms with Crippen molar-refractivity contribution in [1.82, 2.24) is 15.0 Å². The molecule has 0 aliphatic heterocycles. The molecule has 2 aliphatic carbocycles. The maximum Gasteiger partial charge on any atom is 0.271 e. The zero-order valence-corrected chi connectivity index (χ0v) is 8.52.